The number of alkyl halides is 3. The van der Waals surface area contributed by atoms with Crippen LogP contribution in [0.2, 0.25) is 0 Å². The van der Waals surface area contributed by atoms with Crippen molar-refractivity contribution >= 4 is 5.95 Å². The van der Waals surface area contributed by atoms with Gasteiger partial charge in [0.2, 0.25) is 5.95 Å². The summed E-state index contributed by atoms with van der Waals surface area (Å²) in [6.45, 7) is 15.7. The van der Waals surface area contributed by atoms with Gasteiger partial charge in [0.1, 0.15) is 5.76 Å². The standard InChI is InChI=1S/C24H35F3N4O2/c1-6-8-17(3)21(33-13-7-2)14-18(4)19(5)30-9-11-31(12-10-30)23-28-15-20(16-29-23)22(32)24(25,26)27/h6,14-16,19,22,32H,1,7-13H2,2-5H3/b18-14+,21-17+. The van der Waals surface area contributed by atoms with Gasteiger partial charge in [0.25, 0.3) is 0 Å². The van der Waals surface area contributed by atoms with E-state index < -0.39 is 12.3 Å². The van der Waals surface area contributed by atoms with E-state index in [2.05, 4.69) is 55.2 Å². The van der Waals surface area contributed by atoms with E-state index in [0.717, 1.165) is 49.7 Å². The molecule has 0 spiro atoms. The molecule has 1 aliphatic heterocycles. The Bertz CT molecular complexity index is 829. The van der Waals surface area contributed by atoms with Crippen molar-refractivity contribution in [3.05, 3.63) is 53.6 Å². The number of anilines is 1. The van der Waals surface area contributed by atoms with Crippen LogP contribution in [0.5, 0.6) is 0 Å². The van der Waals surface area contributed by atoms with Crippen molar-refractivity contribution in [2.45, 2.75) is 58.9 Å². The fourth-order valence-corrected chi connectivity index (χ4v) is 3.57. The van der Waals surface area contributed by atoms with Gasteiger partial charge in [-0.15, -0.1) is 6.58 Å². The molecule has 0 aliphatic carbocycles. The van der Waals surface area contributed by atoms with Gasteiger partial charge in [-0.3, -0.25) is 4.90 Å². The lowest BCUT2D eigenvalue weighted by Gasteiger charge is -2.38. The first kappa shape index (κ1) is 26.9. The molecule has 1 aromatic heterocycles. The van der Waals surface area contributed by atoms with Crippen molar-refractivity contribution in [3.8, 4) is 0 Å². The molecule has 2 unspecified atom stereocenters. The average Bonchev–Trinajstić information content (AvgIpc) is 2.80. The van der Waals surface area contributed by atoms with E-state index >= 15 is 0 Å². The predicted molar refractivity (Wildman–Crippen MR) is 124 cm³/mol. The van der Waals surface area contributed by atoms with Gasteiger partial charge in [-0.05, 0) is 45.3 Å². The Hall–Kier alpha value is -2.39. The zero-order valence-electron chi connectivity index (χ0n) is 19.9. The van der Waals surface area contributed by atoms with Crippen LogP contribution in [0.4, 0.5) is 19.1 Å². The van der Waals surface area contributed by atoms with Crippen molar-refractivity contribution < 1.29 is 23.0 Å². The molecule has 0 aromatic carbocycles. The highest BCUT2D eigenvalue weighted by Gasteiger charge is 2.40. The number of aliphatic hydroxyl groups is 1. The molecule has 2 rings (SSSR count). The van der Waals surface area contributed by atoms with Gasteiger partial charge in [-0.2, -0.15) is 13.2 Å². The van der Waals surface area contributed by atoms with Gasteiger partial charge in [0.15, 0.2) is 6.10 Å². The Labute approximate surface area is 194 Å². The van der Waals surface area contributed by atoms with Crippen molar-refractivity contribution in [1.29, 1.82) is 0 Å². The molecule has 0 amide bonds. The van der Waals surface area contributed by atoms with Gasteiger partial charge in [0, 0.05) is 50.2 Å². The second-order valence-electron chi connectivity index (χ2n) is 8.33. The second-order valence-corrected chi connectivity index (χ2v) is 8.33. The molecule has 6 nitrogen and oxygen atoms in total. The van der Waals surface area contributed by atoms with E-state index in [1.807, 2.05) is 11.0 Å². The third-order valence-corrected chi connectivity index (χ3v) is 5.78. The van der Waals surface area contributed by atoms with Crippen LogP contribution < -0.4 is 4.90 Å². The SMILES string of the molecule is C=CC/C(C)=C(\C=C(/C)C(C)N1CCN(c2ncc(C(O)C(F)(F)F)cn2)CC1)OCCC. The van der Waals surface area contributed by atoms with Gasteiger partial charge >= 0.3 is 6.18 Å². The van der Waals surface area contributed by atoms with Crippen molar-refractivity contribution in [2.24, 2.45) is 0 Å². The Kier molecular flexibility index (Phi) is 9.91. The van der Waals surface area contributed by atoms with Crippen LogP contribution in [0.25, 0.3) is 0 Å². The Morgan fingerprint density at radius 2 is 1.82 bits per heavy atom. The fourth-order valence-electron chi connectivity index (χ4n) is 3.57. The number of hydrogen-bond donors (Lipinski definition) is 1. The van der Waals surface area contributed by atoms with Crippen LogP contribution in [0.15, 0.2) is 48.0 Å². The maximum absolute atomic E-state index is 12.7. The summed E-state index contributed by atoms with van der Waals surface area (Å²) in [4.78, 5) is 12.4. The summed E-state index contributed by atoms with van der Waals surface area (Å²) >= 11 is 0. The number of allylic oxidation sites excluding steroid dienone is 3. The van der Waals surface area contributed by atoms with Gasteiger partial charge in [0.05, 0.1) is 6.61 Å². The lowest BCUT2D eigenvalue weighted by molar-refractivity contribution is -0.206. The summed E-state index contributed by atoms with van der Waals surface area (Å²) in [5.41, 5.74) is 1.98. The summed E-state index contributed by atoms with van der Waals surface area (Å²) in [5.74, 6) is 1.26. The van der Waals surface area contributed by atoms with E-state index in [-0.39, 0.29) is 11.6 Å². The fraction of sp³-hybridized carbons (Fsp3) is 0.583. The van der Waals surface area contributed by atoms with Crippen LogP contribution >= 0.6 is 0 Å². The third-order valence-electron chi connectivity index (χ3n) is 5.78. The summed E-state index contributed by atoms with van der Waals surface area (Å²) < 4.78 is 43.9. The highest BCUT2D eigenvalue weighted by molar-refractivity contribution is 5.32. The molecule has 1 fully saturated rings. The molecular formula is C24H35F3N4O2. The zero-order chi connectivity index (χ0) is 24.6. The molecule has 0 bridgehead atoms. The lowest BCUT2D eigenvalue weighted by atomic mass is 10.0. The van der Waals surface area contributed by atoms with E-state index in [9.17, 15) is 18.3 Å². The zero-order valence-corrected chi connectivity index (χ0v) is 19.9. The summed E-state index contributed by atoms with van der Waals surface area (Å²) in [6, 6.07) is 0.203. The number of aliphatic hydroxyl groups excluding tert-OH is 1. The van der Waals surface area contributed by atoms with E-state index in [1.54, 1.807) is 0 Å². The highest BCUT2D eigenvalue weighted by Crippen LogP contribution is 2.32. The van der Waals surface area contributed by atoms with Gasteiger partial charge < -0.3 is 14.7 Å². The van der Waals surface area contributed by atoms with Crippen LogP contribution in [-0.4, -0.2) is 65.0 Å². The maximum Gasteiger partial charge on any atom is 0.418 e. The molecule has 0 radical (unpaired) electrons. The molecule has 33 heavy (non-hydrogen) atoms. The van der Waals surface area contributed by atoms with Crippen LogP contribution in [0.1, 0.15) is 52.2 Å². The average molecular weight is 469 g/mol. The van der Waals surface area contributed by atoms with Gasteiger partial charge in [-0.25, -0.2) is 9.97 Å². The van der Waals surface area contributed by atoms with Crippen LogP contribution in [0.3, 0.4) is 0 Å². The van der Waals surface area contributed by atoms with Crippen molar-refractivity contribution in [2.75, 3.05) is 37.7 Å². The minimum atomic E-state index is -4.74. The Morgan fingerprint density at radius 3 is 2.33 bits per heavy atom. The lowest BCUT2D eigenvalue weighted by Crippen LogP contribution is -2.50. The maximum atomic E-state index is 12.7. The molecule has 1 N–H and O–H groups in total. The first-order chi connectivity index (χ1) is 15.6. The number of halogens is 3. The topological polar surface area (TPSA) is 61.7 Å². The monoisotopic (exact) mass is 468 g/mol. The quantitative estimate of drug-likeness (QED) is 0.302. The molecule has 1 saturated heterocycles. The number of nitrogens with zero attached hydrogens (tertiary/aromatic N) is 4. The predicted octanol–water partition coefficient (Wildman–Crippen LogP) is 4.81. The highest BCUT2D eigenvalue weighted by atomic mass is 19.4. The van der Waals surface area contributed by atoms with E-state index in [1.165, 1.54) is 5.57 Å². The summed E-state index contributed by atoms with van der Waals surface area (Å²) in [6.07, 6.45) is 0.459. The van der Waals surface area contributed by atoms with E-state index in [4.69, 9.17) is 4.74 Å². The van der Waals surface area contributed by atoms with Crippen LogP contribution in [-0.2, 0) is 4.74 Å². The first-order valence-corrected chi connectivity index (χ1v) is 11.3. The molecule has 0 saturated carbocycles. The minimum Gasteiger partial charge on any atom is -0.494 e. The number of aromatic nitrogens is 2. The molecule has 2 heterocycles. The summed E-state index contributed by atoms with van der Waals surface area (Å²) in [5, 5.41) is 9.33. The van der Waals surface area contributed by atoms with Crippen molar-refractivity contribution in [3.63, 3.8) is 0 Å². The third kappa shape index (κ3) is 7.57. The Morgan fingerprint density at radius 1 is 1.21 bits per heavy atom. The molecule has 184 valence electrons. The number of ether oxygens (including phenoxy) is 1. The normalized spacial score (nSPS) is 18.5. The smallest absolute Gasteiger partial charge is 0.418 e. The molecule has 1 aliphatic rings. The largest absolute Gasteiger partial charge is 0.494 e. The van der Waals surface area contributed by atoms with Crippen molar-refractivity contribution in [1.82, 2.24) is 14.9 Å². The number of hydrogen-bond acceptors (Lipinski definition) is 6. The summed E-state index contributed by atoms with van der Waals surface area (Å²) in [7, 11) is 0. The molecule has 2 atom stereocenters. The first-order valence-electron chi connectivity index (χ1n) is 11.3. The number of rotatable bonds is 10. The van der Waals surface area contributed by atoms with Crippen LogP contribution in [0, 0.1) is 0 Å². The second kappa shape index (κ2) is 12.2. The van der Waals surface area contributed by atoms with Gasteiger partial charge in [-0.1, -0.05) is 18.6 Å². The minimum absolute atomic E-state index is 0.203. The molecule has 1 aromatic rings. The van der Waals surface area contributed by atoms with E-state index in [0.29, 0.717) is 25.6 Å². The molecular weight excluding hydrogens is 433 g/mol. The molecule has 9 heteroatoms. The number of piperazine rings is 1. The Balaban J connectivity index is 2.01.